The van der Waals surface area contributed by atoms with Crippen molar-refractivity contribution in [3.8, 4) is 5.75 Å². The maximum absolute atomic E-state index is 11.6. The monoisotopic (exact) mass is 249 g/mol. The second kappa shape index (κ2) is 4.98. The number of benzene rings is 1. The first-order valence-electron chi connectivity index (χ1n) is 6.21. The highest BCUT2D eigenvalue weighted by molar-refractivity contribution is 5.95. The van der Waals surface area contributed by atoms with Crippen LogP contribution in [-0.4, -0.2) is 29.8 Å². The molecule has 1 amide bonds. The number of carbonyl (C=O) groups excluding carboxylic acids is 1. The van der Waals surface area contributed by atoms with Crippen LogP contribution in [0.2, 0.25) is 0 Å². The van der Waals surface area contributed by atoms with Gasteiger partial charge in [0.15, 0.2) is 0 Å². The van der Waals surface area contributed by atoms with Gasteiger partial charge in [0.1, 0.15) is 12.4 Å². The van der Waals surface area contributed by atoms with E-state index >= 15 is 0 Å². The molecule has 18 heavy (non-hydrogen) atoms. The zero-order valence-corrected chi connectivity index (χ0v) is 10.8. The highest BCUT2D eigenvalue weighted by atomic mass is 16.5. The summed E-state index contributed by atoms with van der Waals surface area (Å²) in [5.41, 5.74) is 0.0666. The fourth-order valence-electron chi connectivity index (χ4n) is 1.90. The molecule has 1 heterocycles. The number of hydrogen-bond acceptors (Lipinski definition) is 3. The van der Waals surface area contributed by atoms with Crippen molar-refractivity contribution in [1.29, 1.82) is 0 Å². The molecule has 4 heteroatoms. The molecule has 0 atom stereocenters. The van der Waals surface area contributed by atoms with Crippen LogP contribution in [0.5, 0.6) is 5.75 Å². The van der Waals surface area contributed by atoms with E-state index in [0.29, 0.717) is 12.2 Å². The molecule has 1 saturated heterocycles. The Morgan fingerprint density at radius 2 is 2.00 bits per heavy atom. The van der Waals surface area contributed by atoms with Crippen molar-refractivity contribution in [2.75, 3.05) is 18.1 Å². The first-order chi connectivity index (χ1) is 8.46. The molecule has 1 aliphatic heterocycles. The zero-order chi connectivity index (χ0) is 13.2. The number of amides is 1. The summed E-state index contributed by atoms with van der Waals surface area (Å²) >= 11 is 0. The number of aliphatic hydroxyl groups is 1. The second-order valence-electron chi connectivity index (χ2n) is 5.24. The van der Waals surface area contributed by atoms with E-state index < -0.39 is 5.60 Å². The van der Waals surface area contributed by atoms with Gasteiger partial charge >= 0.3 is 0 Å². The first kappa shape index (κ1) is 12.9. The van der Waals surface area contributed by atoms with Gasteiger partial charge in [-0.15, -0.1) is 0 Å². The number of carbonyl (C=O) groups is 1. The Balaban J connectivity index is 1.99. The number of hydrogen-bond donors (Lipinski definition) is 1. The molecule has 0 bridgehead atoms. The Morgan fingerprint density at radius 3 is 2.50 bits per heavy atom. The van der Waals surface area contributed by atoms with Crippen molar-refractivity contribution >= 4 is 11.6 Å². The molecule has 2 rings (SSSR count). The van der Waals surface area contributed by atoms with E-state index in [1.54, 1.807) is 18.7 Å². The molecule has 98 valence electrons. The highest BCUT2D eigenvalue weighted by Crippen LogP contribution is 2.24. The average molecular weight is 249 g/mol. The van der Waals surface area contributed by atoms with Gasteiger partial charge in [-0.2, -0.15) is 0 Å². The van der Waals surface area contributed by atoms with Gasteiger partial charge in [-0.3, -0.25) is 4.79 Å². The minimum absolute atomic E-state index is 0.181. The van der Waals surface area contributed by atoms with Crippen LogP contribution in [0, 0.1) is 0 Å². The molecule has 1 N–H and O–H groups in total. The quantitative estimate of drug-likeness (QED) is 0.887. The van der Waals surface area contributed by atoms with Crippen LogP contribution in [-0.2, 0) is 4.79 Å². The summed E-state index contributed by atoms with van der Waals surface area (Å²) in [6.45, 7) is 4.44. The Labute approximate surface area is 107 Å². The van der Waals surface area contributed by atoms with Crippen molar-refractivity contribution in [3.63, 3.8) is 0 Å². The van der Waals surface area contributed by atoms with E-state index in [2.05, 4.69) is 0 Å². The minimum atomic E-state index is -0.844. The maximum atomic E-state index is 11.6. The normalized spacial score (nSPS) is 16.2. The average Bonchev–Trinajstić information content (AvgIpc) is 2.73. The molecule has 0 aliphatic carbocycles. The van der Waals surface area contributed by atoms with Crippen LogP contribution in [0.3, 0.4) is 0 Å². The van der Waals surface area contributed by atoms with Gasteiger partial charge in [0, 0.05) is 18.7 Å². The fourth-order valence-corrected chi connectivity index (χ4v) is 1.90. The van der Waals surface area contributed by atoms with Crippen LogP contribution in [0.1, 0.15) is 26.7 Å². The van der Waals surface area contributed by atoms with E-state index in [0.717, 1.165) is 18.7 Å². The van der Waals surface area contributed by atoms with Crippen LogP contribution in [0.4, 0.5) is 5.69 Å². The van der Waals surface area contributed by atoms with Gasteiger partial charge in [-0.25, -0.2) is 0 Å². The lowest BCUT2D eigenvalue weighted by atomic mass is 10.2. The predicted molar refractivity (Wildman–Crippen MR) is 69.8 cm³/mol. The number of anilines is 1. The third-order valence-corrected chi connectivity index (χ3v) is 2.81. The molecule has 0 aromatic heterocycles. The van der Waals surface area contributed by atoms with Crippen LogP contribution >= 0.6 is 0 Å². The van der Waals surface area contributed by atoms with Crippen LogP contribution in [0.15, 0.2) is 24.3 Å². The molecule has 4 nitrogen and oxygen atoms in total. The molecular weight excluding hydrogens is 230 g/mol. The van der Waals surface area contributed by atoms with Crippen molar-refractivity contribution < 1.29 is 14.6 Å². The third-order valence-electron chi connectivity index (χ3n) is 2.81. The minimum Gasteiger partial charge on any atom is -0.491 e. The highest BCUT2D eigenvalue weighted by Gasteiger charge is 2.21. The van der Waals surface area contributed by atoms with E-state index in [9.17, 15) is 9.90 Å². The van der Waals surface area contributed by atoms with E-state index in [4.69, 9.17) is 4.74 Å². The fraction of sp³-hybridized carbons (Fsp3) is 0.500. The van der Waals surface area contributed by atoms with Crippen LogP contribution in [0.25, 0.3) is 0 Å². The van der Waals surface area contributed by atoms with Gasteiger partial charge in [0.2, 0.25) is 5.91 Å². The van der Waals surface area contributed by atoms with Crippen molar-refractivity contribution in [1.82, 2.24) is 0 Å². The zero-order valence-electron chi connectivity index (χ0n) is 10.8. The van der Waals surface area contributed by atoms with Crippen LogP contribution < -0.4 is 9.64 Å². The van der Waals surface area contributed by atoms with Gasteiger partial charge in [0.05, 0.1) is 5.60 Å². The molecule has 1 fully saturated rings. The topological polar surface area (TPSA) is 49.8 Å². The van der Waals surface area contributed by atoms with Gasteiger partial charge in [-0.1, -0.05) is 0 Å². The third kappa shape index (κ3) is 3.23. The molecular formula is C14H19NO3. The molecule has 0 unspecified atom stereocenters. The lowest BCUT2D eigenvalue weighted by molar-refractivity contribution is -0.117. The van der Waals surface area contributed by atoms with Crippen molar-refractivity contribution in [2.24, 2.45) is 0 Å². The summed E-state index contributed by atoms with van der Waals surface area (Å²) in [5, 5.41) is 9.56. The maximum Gasteiger partial charge on any atom is 0.227 e. The summed E-state index contributed by atoms with van der Waals surface area (Å²) in [6.07, 6.45) is 1.56. The number of rotatable bonds is 4. The van der Waals surface area contributed by atoms with Gasteiger partial charge < -0.3 is 14.7 Å². The number of nitrogens with zero attached hydrogens (tertiary/aromatic N) is 1. The van der Waals surface area contributed by atoms with Crippen molar-refractivity contribution in [2.45, 2.75) is 32.3 Å². The van der Waals surface area contributed by atoms with E-state index in [1.165, 1.54) is 0 Å². The standard InChI is InChI=1S/C14H19NO3/c1-14(2,17)10-18-12-7-5-11(6-8-12)15-9-3-4-13(15)16/h5-8,17H,3-4,9-10H2,1-2H3. The molecule has 0 saturated carbocycles. The molecule has 0 radical (unpaired) electrons. The molecule has 1 aromatic rings. The SMILES string of the molecule is CC(C)(O)COc1ccc(N2CCCC2=O)cc1. The van der Waals surface area contributed by atoms with Crippen molar-refractivity contribution in [3.05, 3.63) is 24.3 Å². The lowest BCUT2D eigenvalue weighted by Gasteiger charge is -2.19. The smallest absolute Gasteiger partial charge is 0.227 e. The second-order valence-corrected chi connectivity index (χ2v) is 5.24. The summed E-state index contributed by atoms with van der Waals surface area (Å²) in [4.78, 5) is 13.4. The van der Waals surface area contributed by atoms with Gasteiger partial charge in [-0.05, 0) is 44.5 Å². The summed E-state index contributed by atoms with van der Waals surface area (Å²) in [5.74, 6) is 0.882. The van der Waals surface area contributed by atoms with E-state index in [1.807, 2.05) is 24.3 Å². The summed E-state index contributed by atoms with van der Waals surface area (Å²) < 4.78 is 5.46. The lowest BCUT2D eigenvalue weighted by Crippen LogP contribution is -2.28. The molecule has 1 aromatic carbocycles. The molecule has 0 spiro atoms. The first-order valence-corrected chi connectivity index (χ1v) is 6.21. The molecule has 1 aliphatic rings. The Morgan fingerprint density at radius 1 is 1.33 bits per heavy atom. The van der Waals surface area contributed by atoms with Gasteiger partial charge in [0.25, 0.3) is 0 Å². The van der Waals surface area contributed by atoms with E-state index in [-0.39, 0.29) is 12.5 Å². The summed E-state index contributed by atoms with van der Waals surface area (Å²) in [6, 6.07) is 7.41. The number of ether oxygens (including phenoxy) is 1. The Kier molecular flexibility index (Phi) is 3.57. The summed E-state index contributed by atoms with van der Waals surface area (Å²) in [7, 11) is 0. The Hall–Kier alpha value is -1.55. The largest absolute Gasteiger partial charge is 0.491 e. The Bertz CT molecular complexity index is 420. The predicted octanol–water partition coefficient (Wildman–Crippen LogP) is 1.96.